The Morgan fingerprint density at radius 2 is 0.844 bits per heavy atom. The molecule has 0 bridgehead atoms. The normalized spacial score (nSPS) is 12.0. The van der Waals surface area contributed by atoms with Gasteiger partial charge in [-0.1, -0.05) is 97.1 Å². The minimum Gasteiger partial charge on any atom is -0.456 e. The number of furan rings is 1. The van der Waals surface area contributed by atoms with Gasteiger partial charge in [0.25, 0.3) is 0 Å². The van der Waals surface area contributed by atoms with Gasteiger partial charge in [0.1, 0.15) is 11.2 Å². The molecule has 0 radical (unpaired) electrons. The molecule has 3 nitrogen and oxygen atoms in total. The average molecular weight is 575 g/mol. The van der Waals surface area contributed by atoms with Crippen LogP contribution in [-0.2, 0) is 0 Å². The molecule has 7 aromatic carbocycles. The lowest BCUT2D eigenvalue weighted by Gasteiger charge is -2.11. The van der Waals surface area contributed by atoms with Crippen LogP contribution in [0.15, 0.2) is 162 Å². The molecule has 0 amide bonds. The summed E-state index contributed by atoms with van der Waals surface area (Å²) in [7, 11) is 0. The monoisotopic (exact) mass is 574 g/mol. The highest BCUT2D eigenvalue weighted by Crippen LogP contribution is 2.40. The largest absolute Gasteiger partial charge is 0.456 e. The molecule has 0 saturated carbocycles. The topological polar surface area (TPSA) is 23.0 Å². The van der Waals surface area contributed by atoms with Crippen molar-refractivity contribution in [3.8, 4) is 22.5 Å². The van der Waals surface area contributed by atoms with Gasteiger partial charge in [-0.15, -0.1) is 0 Å². The summed E-state index contributed by atoms with van der Waals surface area (Å²) in [5, 5.41) is 7.26. The third-order valence-corrected chi connectivity index (χ3v) is 9.32. The smallest absolute Gasteiger partial charge is 0.137 e. The second-order valence-corrected chi connectivity index (χ2v) is 11.8. The Morgan fingerprint density at radius 3 is 1.56 bits per heavy atom. The Hall–Kier alpha value is -6.06. The molecule has 0 saturated heterocycles. The predicted octanol–water partition coefficient (Wildman–Crippen LogP) is 11.4. The highest BCUT2D eigenvalue weighted by atomic mass is 16.3. The van der Waals surface area contributed by atoms with Gasteiger partial charge in [0.2, 0.25) is 0 Å². The van der Waals surface area contributed by atoms with Crippen molar-refractivity contribution >= 4 is 65.6 Å². The maximum absolute atomic E-state index is 6.33. The number of aromatic nitrogens is 2. The number of nitrogens with zero attached hydrogens (tertiary/aromatic N) is 2. The predicted molar refractivity (Wildman–Crippen MR) is 188 cm³/mol. The number of benzene rings is 7. The molecule has 0 unspecified atom stereocenters. The van der Waals surface area contributed by atoms with Crippen LogP contribution in [0.2, 0.25) is 0 Å². The highest BCUT2D eigenvalue weighted by Gasteiger charge is 2.19. The number of para-hydroxylation sites is 3. The Morgan fingerprint density at radius 1 is 0.311 bits per heavy atom. The Labute approximate surface area is 258 Å². The molecule has 0 aliphatic rings. The van der Waals surface area contributed by atoms with Gasteiger partial charge in [-0.25, -0.2) is 0 Å². The van der Waals surface area contributed by atoms with Crippen molar-refractivity contribution in [1.29, 1.82) is 0 Å². The van der Waals surface area contributed by atoms with Crippen molar-refractivity contribution in [2.24, 2.45) is 0 Å². The van der Waals surface area contributed by atoms with E-state index in [2.05, 4.69) is 155 Å². The molecule has 0 aliphatic heterocycles. The summed E-state index contributed by atoms with van der Waals surface area (Å²) >= 11 is 0. The van der Waals surface area contributed by atoms with Crippen LogP contribution in [0.3, 0.4) is 0 Å². The molecule has 3 aromatic heterocycles. The first kappa shape index (κ1) is 24.4. The zero-order valence-corrected chi connectivity index (χ0v) is 24.3. The summed E-state index contributed by atoms with van der Waals surface area (Å²) in [5.74, 6) is 0. The minimum absolute atomic E-state index is 0.897. The second kappa shape index (κ2) is 9.22. The fourth-order valence-electron chi connectivity index (χ4n) is 7.27. The van der Waals surface area contributed by atoms with Crippen molar-refractivity contribution in [3.63, 3.8) is 0 Å². The van der Waals surface area contributed by atoms with Gasteiger partial charge in [-0.3, -0.25) is 0 Å². The maximum atomic E-state index is 6.33. The van der Waals surface area contributed by atoms with Gasteiger partial charge in [0.05, 0.1) is 22.1 Å². The van der Waals surface area contributed by atoms with Gasteiger partial charge in [-0.2, -0.15) is 0 Å². The quantitative estimate of drug-likeness (QED) is 0.206. The van der Waals surface area contributed by atoms with E-state index in [1.807, 2.05) is 12.1 Å². The third kappa shape index (κ3) is 3.52. The molecule has 0 N–H and O–H groups in total. The highest BCUT2D eigenvalue weighted by molar-refractivity contribution is 6.19. The van der Waals surface area contributed by atoms with E-state index in [1.165, 1.54) is 54.7 Å². The SMILES string of the molecule is c1ccc(-c2ccc(-n3c4ccccc4c4cc5c6ccccc6n(-c6ccc7c(c6)oc6ccccc67)c5cc43)cc2)cc1. The molecular formula is C42H26N2O. The van der Waals surface area contributed by atoms with E-state index >= 15 is 0 Å². The molecule has 10 aromatic rings. The molecular weight excluding hydrogens is 548 g/mol. The van der Waals surface area contributed by atoms with Crippen LogP contribution in [0.25, 0.3) is 88.1 Å². The van der Waals surface area contributed by atoms with Gasteiger partial charge in [0.15, 0.2) is 0 Å². The lowest BCUT2D eigenvalue weighted by molar-refractivity contribution is 0.668. The minimum atomic E-state index is 0.897. The number of fused-ring (bicyclic) bond motifs is 9. The van der Waals surface area contributed by atoms with Crippen LogP contribution in [0, 0.1) is 0 Å². The molecule has 210 valence electrons. The van der Waals surface area contributed by atoms with Crippen LogP contribution >= 0.6 is 0 Å². The van der Waals surface area contributed by atoms with Crippen molar-refractivity contribution in [2.45, 2.75) is 0 Å². The van der Waals surface area contributed by atoms with E-state index in [4.69, 9.17) is 4.42 Å². The standard InChI is InChI=1S/C42H26N2O/c1-2-10-27(11-3-1)28-18-20-29(21-19-28)43-37-15-7-4-12-31(37)35-25-36-32-13-5-8-16-38(32)44(40(36)26-39(35)43)30-22-23-34-33-14-6-9-17-41(33)45-42(34)24-30/h1-26H. The number of hydrogen-bond acceptors (Lipinski definition) is 1. The first-order valence-corrected chi connectivity index (χ1v) is 15.4. The Kier molecular flexibility index (Phi) is 5.00. The molecule has 45 heavy (non-hydrogen) atoms. The molecule has 3 heteroatoms. The van der Waals surface area contributed by atoms with Crippen LogP contribution in [0.1, 0.15) is 0 Å². The van der Waals surface area contributed by atoms with Crippen LogP contribution in [-0.4, -0.2) is 9.13 Å². The van der Waals surface area contributed by atoms with Crippen LogP contribution in [0.4, 0.5) is 0 Å². The third-order valence-electron chi connectivity index (χ3n) is 9.32. The van der Waals surface area contributed by atoms with E-state index in [0.29, 0.717) is 0 Å². The fourth-order valence-corrected chi connectivity index (χ4v) is 7.27. The average Bonchev–Trinajstić information content (AvgIpc) is 3.74. The molecule has 3 heterocycles. The van der Waals surface area contributed by atoms with E-state index < -0.39 is 0 Å². The second-order valence-electron chi connectivity index (χ2n) is 11.8. The summed E-state index contributed by atoms with van der Waals surface area (Å²) in [6.45, 7) is 0. The van der Waals surface area contributed by atoms with E-state index in [1.54, 1.807) is 0 Å². The fraction of sp³-hybridized carbons (Fsp3) is 0. The van der Waals surface area contributed by atoms with Crippen molar-refractivity contribution in [2.75, 3.05) is 0 Å². The summed E-state index contributed by atoms with van der Waals surface area (Å²) in [6, 6.07) is 56.6. The van der Waals surface area contributed by atoms with E-state index in [-0.39, 0.29) is 0 Å². The Balaban J connectivity index is 1.26. The first-order chi connectivity index (χ1) is 22.3. The number of rotatable bonds is 3. The summed E-state index contributed by atoms with van der Waals surface area (Å²) in [4.78, 5) is 0. The summed E-state index contributed by atoms with van der Waals surface area (Å²) in [6.07, 6.45) is 0. The first-order valence-electron chi connectivity index (χ1n) is 15.4. The maximum Gasteiger partial charge on any atom is 0.137 e. The van der Waals surface area contributed by atoms with Crippen molar-refractivity contribution in [3.05, 3.63) is 158 Å². The molecule has 0 atom stereocenters. The van der Waals surface area contributed by atoms with Gasteiger partial charge in [-0.05, 0) is 65.7 Å². The molecule has 0 aliphatic carbocycles. The van der Waals surface area contributed by atoms with Crippen LogP contribution in [0.5, 0.6) is 0 Å². The van der Waals surface area contributed by atoms with E-state index in [9.17, 15) is 0 Å². The van der Waals surface area contributed by atoms with Gasteiger partial charge in [0, 0.05) is 49.8 Å². The van der Waals surface area contributed by atoms with Gasteiger partial charge >= 0.3 is 0 Å². The molecule has 0 spiro atoms. The van der Waals surface area contributed by atoms with Crippen molar-refractivity contribution < 1.29 is 4.42 Å². The summed E-state index contributed by atoms with van der Waals surface area (Å²) in [5.41, 5.74) is 11.2. The lowest BCUT2D eigenvalue weighted by Crippen LogP contribution is -1.96. The lowest BCUT2D eigenvalue weighted by atomic mass is 10.1. The molecule has 0 fully saturated rings. The van der Waals surface area contributed by atoms with Crippen molar-refractivity contribution in [1.82, 2.24) is 9.13 Å². The zero-order valence-electron chi connectivity index (χ0n) is 24.3. The van der Waals surface area contributed by atoms with E-state index in [0.717, 1.165) is 33.3 Å². The Bertz CT molecular complexity index is 2740. The number of hydrogen-bond donors (Lipinski definition) is 0. The van der Waals surface area contributed by atoms with Gasteiger partial charge < -0.3 is 13.6 Å². The molecule has 10 rings (SSSR count). The van der Waals surface area contributed by atoms with Crippen LogP contribution < -0.4 is 0 Å². The summed E-state index contributed by atoms with van der Waals surface area (Å²) < 4.78 is 11.1. The zero-order chi connectivity index (χ0) is 29.5.